The third-order valence-electron chi connectivity index (χ3n) is 3.49. The van der Waals surface area contributed by atoms with Crippen LogP contribution in [0.5, 0.6) is 5.88 Å². The summed E-state index contributed by atoms with van der Waals surface area (Å²) in [4.78, 5) is 7.36. The molecule has 0 unspecified atom stereocenters. The Labute approximate surface area is 153 Å². The van der Waals surface area contributed by atoms with Crippen LogP contribution in [0.3, 0.4) is 0 Å². The third-order valence-corrected chi connectivity index (χ3v) is 5.18. The van der Waals surface area contributed by atoms with Gasteiger partial charge in [-0.3, -0.25) is 9.38 Å². The number of halogens is 7. The first-order chi connectivity index (χ1) is 12.8. The monoisotopic (exact) mass is 429 g/mol. The van der Waals surface area contributed by atoms with Gasteiger partial charge >= 0.3 is 11.7 Å². The van der Waals surface area contributed by atoms with Gasteiger partial charge in [0.1, 0.15) is 0 Å². The number of nitrogens with zero attached hydrogens (tertiary/aromatic N) is 5. The molecule has 3 heterocycles. The molecule has 0 bridgehead atoms. The summed E-state index contributed by atoms with van der Waals surface area (Å²) in [7, 11) is -3.66. The van der Waals surface area contributed by atoms with E-state index in [1.54, 1.807) is 0 Å². The summed E-state index contributed by atoms with van der Waals surface area (Å²) >= 11 is 0. The van der Waals surface area contributed by atoms with Gasteiger partial charge in [0.2, 0.25) is 5.82 Å². The van der Waals surface area contributed by atoms with Crippen LogP contribution in [0.1, 0.15) is 5.82 Å². The van der Waals surface area contributed by atoms with E-state index in [1.807, 2.05) is 0 Å². The van der Waals surface area contributed by atoms with Crippen molar-refractivity contribution in [1.82, 2.24) is 24.6 Å². The van der Waals surface area contributed by atoms with Crippen LogP contribution in [0.4, 0.5) is 30.7 Å². The van der Waals surface area contributed by atoms with Crippen molar-refractivity contribution in [3.8, 4) is 17.1 Å². The molecule has 0 saturated carbocycles. The SMILES string of the molecule is CS(C)(Oc1ncc(-c2cn3c(C(F)(F)F)nnc3cn2)cc1F)C(F)(F)F. The maximum absolute atomic E-state index is 14.2. The summed E-state index contributed by atoms with van der Waals surface area (Å²) in [6.07, 6.45) is -0.386. The molecule has 0 fully saturated rings. The Hall–Kier alpha value is -2.64. The molecule has 14 heteroatoms. The zero-order valence-corrected chi connectivity index (χ0v) is 14.8. The Bertz CT molecular complexity index is 1030. The zero-order valence-electron chi connectivity index (χ0n) is 14.0. The first-order valence-corrected chi connectivity index (χ1v) is 9.60. The standard InChI is InChI=1S/C14H10F7N5OS/c1-28(2,14(19,20)21)27-11-8(15)3-7(4-23-11)9-6-26-10(5-22-9)24-25-12(26)13(16,17)18/h3-6H,1-2H3. The van der Waals surface area contributed by atoms with Crippen LogP contribution < -0.4 is 4.18 Å². The smallest absolute Gasteiger partial charge is 0.418 e. The van der Waals surface area contributed by atoms with Crippen LogP contribution in [-0.4, -0.2) is 42.6 Å². The molecule has 3 rings (SSSR count). The number of hydrogen-bond donors (Lipinski definition) is 0. The molecule has 152 valence electrons. The lowest BCUT2D eigenvalue weighted by atomic mass is 10.2. The topological polar surface area (TPSA) is 65.2 Å². The lowest BCUT2D eigenvalue weighted by Gasteiger charge is -2.32. The van der Waals surface area contributed by atoms with Gasteiger partial charge in [-0.1, -0.05) is 0 Å². The van der Waals surface area contributed by atoms with Gasteiger partial charge in [-0.2, -0.15) is 26.3 Å². The lowest BCUT2D eigenvalue weighted by Crippen LogP contribution is -2.23. The minimum atomic E-state index is -4.79. The number of hydrogen-bond acceptors (Lipinski definition) is 5. The van der Waals surface area contributed by atoms with E-state index in [1.165, 1.54) is 0 Å². The van der Waals surface area contributed by atoms with Crippen molar-refractivity contribution in [2.45, 2.75) is 11.7 Å². The molecule has 0 saturated heterocycles. The van der Waals surface area contributed by atoms with Crippen molar-refractivity contribution in [3.05, 3.63) is 36.3 Å². The second-order valence-corrected chi connectivity index (χ2v) is 8.89. The van der Waals surface area contributed by atoms with E-state index < -0.39 is 39.5 Å². The van der Waals surface area contributed by atoms with Crippen LogP contribution in [0.25, 0.3) is 16.9 Å². The van der Waals surface area contributed by atoms with Crippen LogP contribution in [0.2, 0.25) is 0 Å². The van der Waals surface area contributed by atoms with Crippen molar-refractivity contribution in [2.75, 3.05) is 12.5 Å². The first-order valence-electron chi connectivity index (χ1n) is 7.22. The zero-order chi connectivity index (χ0) is 20.9. The molecule has 0 atom stereocenters. The minimum Gasteiger partial charge on any atom is -0.418 e. The summed E-state index contributed by atoms with van der Waals surface area (Å²) in [5, 5.41) is 6.36. The van der Waals surface area contributed by atoms with Crippen molar-refractivity contribution < 1.29 is 34.9 Å². The van der Waals surface area contributed by atoms with E-state index in [9.17, 15) is 30.7 Å². The Kier molecular flexibility index (Phi) is 4.64. The molecular weight excluding hydrogens is 419 g/mol. The molecule has 3 aromatic rings. The average molecular weight is 429 g/mol. The third kappa shape index (κ3) is 3.68. The summed E-state index contributed by atoms with van der Waals surface area (Å²) in [6.45, 7) is 0. The largest absolute Gasteiger partial charge is 0.456 e. The molecule has 6 nitrogen and oxygen atoms in total. The first kappa shape index (κ1) is 20.1. The van der Waals surface area contributed by atoms with Crippen LogP contribution >= 0.6 is 10.3 Å². The maximum atomic E-state index is 14.2. The van der Waals surface area contributed by atoms with E-state index in [2.05, 4.69) is 24.3 Å². The number of fused-ring (bicyclic) bond motifs is 1. The van der Waals surface area contributed by atoms with Gasteiger partial charge in [-0.05, 0) is 16.4 Å². The summed E-state index contributed by atoms with van der Waals surface area (Å²) in [5.74, 6) is -3.40. The highest BCUT2D eigenvalue weighted by Gasteiger charge is 2.46. The van der Waals surface area contributed by atoms with E-state index in [0.29, 0.717) is 4.40 Å². The average Bonchev–Trinajstić information content (AvgIpc) is 2.98. The Morgan fingerprint density at radius 1 is 1.00 bits per heavy atom. The van der Waals surface area contributed by atoms with E-state index in [-0.39, 0.29) is 16.9 Å². The summed E-state index contributed by atoms with van der Waals surface area (Å²) in [5.41, 5.74) is -5.10. The highest BCUT2D eigenvalue weighted by molar-refractivity contribution is 8.29. The number of rotatable bonds is 3. The molecule has 0 aliphatic carbocycles. The second kappa shape index (κ2) is 6.46. The number of alkyl halides is 6. The van der Waals surface area contributed by atoms with Gasteiger partial charge in [0.05, 0.1) is 11.9 Å². The van der Waals surface area contributed by atoms with Gasteiger partial charge in [-0.15, -0.1) is 10.2 Å². The van der Waals surface area contributed by atoms with Crippen LogP contribution in [-0.2, 0) is 6.18 Å². The molecule has 3 aromatic heterocycles. The van der Waals surface area contributed by atoms with Crippen molar-refractivity contribution in [2.24, 2.45) is 0 Å². The van der Waals surface area contributed by atoms with Gasteiger partial charge in [0.25, 0.3) is 5.88 Å². The minimum absolute atomic E-state index is 0.0756. The fraction of sp³-hybridized carbons (Fsp3) is 0.286. The van der Waals surface area contributed by atoms with E-state index in [4.69, 9.17) is 0 Å². The van der Waals surface area contributed by atoms with Gasteiger partial charge in [0, 0.05) is 30.5 Å². The molecule has 0 N–H and O–H groups in total. The molecule has 0 aliphatic rings. The normalized spacial score (nSPS) is 13.8. The van der Waals surface area contributed by atoms with Gasteiger partial charge < -0.3 is 4.18 Å². The van der Waals surface area contributed by atoms with E-state index >= 15 is 0 Å². The predicted molar refractivity (Wildman–Crippen MR) is 85.1 cm³/mol. The van der Waals surface area contributed by atoms with Crippen LogP contribution in [0, 0.1) is 5.82 Å². The summed E-state index contributed by atoms with van der Waals surface area (Å²) < 4.78 is 97.0. The molecular formula is C14H10F7N5OS. The quantitative estimate of drug-likeness (QED) is 0.584. The van der Waals surface area contributed by atoms with Gasteiger partial charge in [0.15, 0.2) is 11.5 Å². The number of pyridine rings is 1. The van der Waals surface area contributed by atoms with Crippen molar-refractivity contribution >= 4 is 16.0 Å². The number of aromatic nitrogens is 5. The highest BCUT2D eigenvalue weighted by Crippen LogP contribution is 2.56. The van der Waals surface area contributed by atoms with E-state index in [0.717, 1.165) is 37.2 Å². The fourth-order valence-corrected chi connectivity index (χ4v) is 2.63. The van der Waals surface area contributed by atoms with Gasteiger partial charge in [-0.25, -0.2) is 9.37 Å². The van der Waals surface area contributed by atoms with Crippen molar-refractivity contribution in [1.29, 1.82) is 0 Å². The van der Waals surface area contributed by atoms with Crippen LogP contribution in [0.15, 0.2) is 24.7 Å². The summed E-state index contributed by atoms with van der Waals surface area (Å²) in [6, 6.07) is 0.764. The molecule has 0 aliphatic heterocycles. The Balaban J connectivity index is 1.98. The lowest BCUT2D eigenvalue weighted by molar-refractivity contribution is -0.145. The second-order valence-electron chi connectivity index (χ2n) is 5.80. The molecule has 0 spiro atoms. The Morgan fingerprint density at radius 2 is 1.68 bits per heavy atom. The van der Waals surface area contributed by atoms with Crippen molar-refractivity contribution in [3.63, 3.8) is 0 Å². The molecule has 0 aromatic carbocycles. The molecule has 28 heavy (non-hydrogen) atoms. The fourth-order valence-electron chi connectivity index (χ4n) is 2.02. The molecule has 0 radical (unpaired) electrons. The predicted octanol–water partition coefficient (Wildman–Crippen LogP) is 4.22. The maximum Gasteiger partial charge on any atom is 0.456 e. The molecule has 0 amide bonds. The Morgan fingerprint density at radius 3 is 2.25 bits per heavy atom. The highest BCUT2D eigenvalue weighted by atomic mass is 32.3.